The third kappa shape index (κ3) is 3.23. The van der Waals surface area contributed by atoms with Crippen molar-refractivity contribution in [1.29, 1.82) is 0 Å². The van der Waals surface area contributed by atoms with Crippen molar-refractivity contribution in [2.75, 3.05) is 25.6 Å². The van der Waals surface area contributed by atoms with Gasteiger partial charge in [0.15, 0.2) is 0 Å². The lowest BCUT2D eigenvalue weighted by molar-refractivity contribution is -0.0106. The van der Waals surface area contributed by atoms with Crippen LogP contribution in [0.15, 0.2) is 14.3 Å². The van der Waals surface area contributed by atoms with E-state index in [2.05, 4.69) is 31.9 Å². The topological polar surface area (TPSA) is 29.5 Å². The molecular formula is C10H10Br2ClNO2S. The van der Waals surface area contributed by atoms with Crippen LogP contribution < -0.4 is 0 Å². The fourth-order valence-corrected chi connectivity index (χ4v) is 3.80. The van der Waals surface area contributed by atoms with E-state index in [0.29, 0.717) is 25.6 Å². The molecule has 0 radical (unpaired) electrons. The number of alkyl halides is 1. The molecule has 0 bridgehead atoms. The molecule has 2 heterocycles. The van der Waals surface area contributed by atoms with Crippen molar-refractivity contribution >= 4 is 60.7 Å². The minimum atomic E-state index is -0.0544. The summed E-state index contributed by atoms with van der Waals surface area (Å²) in [5, 5.41) is 0. The van der Waals surface area contributed by atoms with Crippen LogP contribution in [0, 0.1) is 0 Å². The summed E-state index contributed by atoms with van der Waals surface area (Å²) in [5.74, 6) is 0.460. The van der Waals surface area contributed by atoms with Gasteiger partial charge in [-0.1, -0.05) is 0 Å². The molecular weight excluding hydrogens is 393 g/mol. The summed E-state index contributed by atoms with van der Waals surface area (Å²) in [6.07, 6.45) is -0.0544. The van der Waals surface area contributed by atoms with E-state index < -0.39 is 0 Å². The van der Waals surface area contributed by atoms with Crippen LogP contribution in [-0.4, -0.2) is 42.5 Å². The van der Waals surface area contributed by atoms with E-state index in [1.807, 2.05) is 6.07 Å². The number of nitrogens with zero attached hydrogens (tertiary/aromatic N) is 1. The van der Waals surface area contributed by atoms with Gasteiger partial charge in [-0.3, -0.25) is 4.79 Å². The molecule has 3 nitrogen and oxygen atoms in total. The smallest absolute Gasteiger partial charge is 0.264 e. The molecule has 1 aliphatic rings. The number of hydrogen-bond donors (Lipinski definition) is 0. The van der Waals surface area contributed by atoms with Crippen molar-refractivity contribution in [3.8, 4) is 0 Å². The van der Waals surface area contributed by atoms with Crippen LogP contribution in [0.3, 0.4) is 0 Å². The lowest BCUT2D eigenvalue weighted by Crippen LogP contribution is -2.46. The highest BCUT2D eigenvalue weighted by Crippen LogP contribution is 2.33. The molecule has 7 heteroatoms. The number of thiophene rings is 1. The first-order chi connectivity index (χ1) is 8.11. The van der Waals surface area contributed by atoms with Gasteiger partial charge in [0.25, 0.3) is 5.91 Å². The van der Waals surface area contributed by atoms with Crippen LogP contribution in [0.25, 0.3) is 0 Å². The molecule has 1 atom stereocenters. The van der Waals surface area contributed by atoms with Crippen LogP contribution in [0.4, 0.5) is 0 Å². The minimum absolute atomic E-state index is 0.0415. The Morgan fingerprint density at radius 3 is 3.00 bits per heavy atom. The Bertz CT molecular complexity index is 407. The lowest BCUT2D eigenvalue weighted by Gasteiger charge is -2.31. The molecule has 0 saturated carbocycles. The quantitative estimate of drug-likeness (QED) is 0.709. The predicted molar refractivity (Wildman–Crippen MR) is 76.1 cm³/mol. The van der Waals surface area contributed by atoms with Crippen LogP contribution in [0.1, 0.15) is 9.67 Å². The zero-order chi connectivity index (χ0) is 12.4. The number of carbonyl (C=O) groups excluding carboxylic acids is 1. The molecule has 1 saturated heterocycles. The number of halogens is 3. The van der Waals surface area contributed by atoms with Gasteiger partial charge in [0.2, 0.25) is 0 Å². The number of ether oxygens (including phenoxy) is 1. The maximum Gasteiger partial charge on any atom is 0.264 e. The molecule has 1 unspecified atom stereocenters. The third-order valence-electron chi connectivity index (χ3n) is 2.45. The van der Waals surface area contributed by atoms with Gasteiger partial charge in [-0.25, -0.2) is 0 Å². The summed E-state index contributed by atoms with van der Waals surface area (Å²) in [6, 6.07) is 1.84. The average molecular weight is 404 g/mol. The maximum absolute atomic E-state index is 12.2. The Morgan fingerprint density at radius 1 is 1.65 bits per heavy atom. The number of rotatable bonds is 2. The Labute approximate surface area is 125 Å². The summed E-state index contributed by atoms with van der Waals surface area (Å²) in [6.45, 7) is 1.74. The second-order valence-corrected chi connectivity index (χ2v) is 7.16. The number of hydrogen-bond acceptors (Lipinski definition) is 3. The average Bonchev–Trinajstić information content (AvgIpc) is 2.69. The van der Waals surface area contributed by atoms with Gasteiger partial charge in [-0.15, -0.1) is 22.9 Å². The molecule has 17 heavy (non-hydrogen) atoms. The van der Waals surface area contributed by atoms with Crippen LogP contribution >= 0.6 is 54.8 Å². The van der Waals surface area contributed by atoms with Gasteiger partial charge < -0.3 is 9.64 Å². The zero-order valence-electron chi connectivity index (χ0n) is 8.79. The first-order valence-electron chi connectivity index (χ1n) is 5.03. The van der Waals surface area contributed by atoms with Crippen LogP contribution in [-0.2, 0) is 4.74 Å². The molecule has 0 N–H and O–H groups in total. The van der Waals surface area contributed by atoms with Crippen molar-refractivity contribution < 1.29 is 9.53 Å². The largest absolute Gasteiger partial charge is 0.373 e. The normalized spacial score (nSPS) is 20.6. The molecule has 0 spiro atoms. The highest BCUT2D eigenvalue weighted by molar-refractivity contribution is 9.13. The van der Waals surface area contributed by atoms with Gasteiger partial charge in [-0.2, -0.15) is 0 Å². The molecule has 94 valence electrons. The number of morpholine rings is 1. The maximum atomic E-state index is 12.2. The highest BCUT2D eigenvalue weighted by Gasteiger charge is 2.25. The Balaban J connectivity index is 2.09. The molecule has 2 rings (SSSR count). The van der Waals surface area contributed by atoms with Crippen molar-refractivity contribution in [2.24, 2.45) is 0 Å². The SMILES string of the molecule is O=C(c1cc(Br)c(Br)s1)N1CCOC(CCl)C1. The van der Waals surface area contributed by atoms with E-state index in [1.165, 1.54) is 11.3 Å². The Hall–Kier alpha value is 0.380. The number of amides is 1. The molecule has 0 aromatic carbocycles. The van der Waals surface area contributed by atoms with Crippen LogP contribution in [0.5, 0.6) is 0 Å². The predicted octanol–water partition coefficient (Wildman–Crippen LogP) is 3.35. The molecule has 1 amide bonds. The van der Waals surface area contributed by atoms with Gasteiger partial charge in [-0.05, 0) is 37.9 Å². The van der Waals surface area contributed by atoms with Crippen molar-refractivity contribution in [3.63, 3.8) is 0 Å². The summed E-state index contributed by atoms with van der Waals surface area (Å²) in [5.41, 5.74) is 0. The van der Waals surface area contributed by atoms with Crippen molar-refractivity contribution in [1.82, 2.24) is 4.90 Å². The first kappa shape index (κ1) is 13.8. The Kier molecular flexibility index (Phi) is 4.88. The van der Waals surface area contributed by atoms with Gasteiger partial charge in [0.1, 0.15) is 0 Å². The molecule has 1 aromatic heterocycles. The zero-order valence-corrected chi connectivity index (χ0v) is 13.5. The standard InChI is InChI=1S/C10H10Br2ClNO2S/c11-7-3-8(17-9(7)12)10(15)14-1-2-16-6(4-13)5-14/h3,6H,1-2,4-5H2. The van der Waals surface area contributed by atoms with E-state index in [9.17, 15) is 4.79 Å². The van der Waals surface area contributed by atoms with Gasteiger partial charge in [0.05, 0.1) is 27.3 Å². The summed E-state index contributed by atoms with van der Waals surface area (Å²) < 4.78 is 7.27. The third-order valence-corrected chi connectivity index (χ3v) is 6.04. The molecule has 0 aliphatic carbocycles. The number of carbonyl (C=O) groups is 1. The monoisotopic (exact) mass is 401 g/mol. The molecule has 1 aromatic rings. The van der Waals surface area contributed by atoms with E-state index >= 15 is 0 Å². The fourth-order valence-electron chi connectivity index (χ4n) is 1.60. The van der Waals surface area contributed by atoms with E-state index in [4.69, 9.17) is 16.3 Å². The van der Waals surface area contributed by atoms with Gasteiger partial charge >= 0.3 is 0 Å². The van der Waals surface area contributed by atoms with Crippen molar-refractivity contribution in [3.05, 3.63) is 19.2 Å². The minimum Gasteiger partial charge on any atom is -0.373 e. The van der Waals surface area contributed by atoms with Crippen LogP contribution in [0.2, 0.25) is 0 Å². The fraction of sp³-hybridized carbons (Fsp3) is 0.500. The Morgan fingerprint density at radius 2 is 2.41 bits per heavy atom. The van der Waals surface area contributed by atoms with E-state index in [0.717, 1.165) is 13.1 Å². The molecule has 1 fully saturated rings. The van der Waals surface area contributed by atoms with E-state index in [-0.39, 0.29) is 12.0 Å². The van der Waals surface area contributed by atoms with Gasteiger partial charge in [0, 0.05) is 17.6 Å². The summed E-state index contributed by atoms with van der Waals surface area (Å²) in [4.78, 5) is 14.7. The molecule has 1 aliphatic heterocycles. The van der Waals surface area contributed by atoms with Crippen molar-refractivity contribution in [2.45, 2.75) is 6.10 Å². The second-order valence-electron chi connectivity index (χ2n) is 3.63. The van der Waals surface area contributed by atoms with E-state index in [1.54, 1.807) is 4.90 Å². The lowest BCUT2D eigenvalue weighted by atomic mass is 10.3. The highest BCUT2D eigenvalue weighted by atomic mass is 79.9. The first-order valence-corrected chi connectivity index (χ1v) is 7.97. The summed E-state index contributed by atoms with van der Waals surface area (Å²) >= 11 is 13.9. The summed E-state index contributed by atoms with van der Waals surface area (Å²) in [7, 11) is 0. The second kappa shape index (κ2) is 6.02.